The Morgan fingerprint density at radius 3 is 2.71 bits per heavy atom. The van der Waals surface area contributed by atoms with Crippen LogP contribution in [0.15, 0.2) is 0 Å². The largest absolute Gasteiger partial charge is 0.458 e. The van der Waals surface area contributed by atoms with Crippen molar-refractivity contribution >= 4 is 11.9 Å². The van der Waals surface area contributed by atoms with Gasteiger partial charge in [-0.25, -0.2) is 9.78 Å². The predicted octanol–water partition coefficient (Wildman–Crippen LogP) is 0.528. The van der Waals surface area contributed by atoms with Gasteiger partial charge < -0.3 is 14.7 Å². The molecule has 0 spiro atoms. The average molecular weight is 336 g/mol. The molecule has 2 aliphatic rings. The van der Waals surface area contributed by atoms with Crippen LogP contribution in [0, 0.1) is 0 Å². The molecular weight excluding hydrogens is 312 g/mol. The van der Waals surface area contributed by atoms with Crippen molar-refractivity contribution in [3.8, 4) is 0 Å². The van der Waals surface area contributed by atoms with E-state index in [1.54, 1.807) is 20.8 Å². The standard InChI is InChI=1S/C16H24N4O4/c1-16(2,3)24-15(23)11-6-10(21)8-20(11)13(22)7-12-17-14(19-18-12)9-4-5-9/h9-11,21H,4-8H2,1-3H3,(H,17,18,19)/t10-,11-/m0/s1. The lowest BCUT2D eigenvalue weighted by Gasteiger charge is -2.27. The lowest BCUT2D eigenvalue weighted by molar-refractivity contribution is -0.163. The van der Waals surface area contributed by atoms with Gasteiger partial charge in [-0.05, 0) is 33.6 Å². The molecule has 1 aromatic rings. The molecule has 3 rings (SSSR count). The number of aliphatic hydroxyl groups is 1. The zero-order valence-electron chi connectivity index (χ0n) is 14.3. The number of nitrogens with zero attached hydrogens (tertiary/aromatic N) is 3. The normalized spacial score (nSPS) is 24.2. The van der Waals surface area contributed by atoms with Crippen LogP contribution in [0.3, 0.4) is 0 Å². The van der Waals surface area contributed by atoms with Crippen molar-refractivity contribution in [3.05, 3.63) is 11.6 Å². The summed E-state index contributed by atoms with van der Waals surface area (Å²) >= 11 is 0. The number of carbonyl (C=O) groups excluding carboxylic acids is 2. The molecule has 1 aromatic heterocycles. The highest BCUT2D eigenvalue weighted by Gasteiger charge is 2.41. The number of likely N-dealkylation sites (tertiary alicyclic amines) is 1. The Bertz CT molecular complexity index is 632. The smallest absolute Gasteiger partial charge is 0.329 e. The van der Waals surface area contributed by atoms with Gasteiger partial charge in [0.2, 0.25) is 5.91 Å². The van der Waals surface area contributed by atoms with Crippen molar-refractivity contribution in [2.24, 2.45) is 0 Å². The Morgan fingerprint density at radius 2 is 2.08 bits per heavy atom. The first-order valence-corrected chi connectivity index (χ1v) is 8.34. The maximum absolute atomic E-state index is 12.6. The molecule has 8 heteroatoms. The van der Waals surface area contributed by atoms with Crippen LogP contribution in [0.2, 0.25) is 0 Å². The maximum atomic E-state index is 12.6. The molecule has 1 saturated carbocycles. The van der Waals surface area contributed by atoms with Crippen LogP contribution in [-0.4, -0.2) is 61.4 Å². The number of aromatic amines is 1. The fraction of sp³-hybridized carbons (Fsp3) is 0.750. The Morgan fingerprint density at radius 1 is 1.38 bits per heavy atom. The minimum Gasteiger partial charge on any atom is -0.458 e. The molecule has 1 saturated heterocycles. The predicted molar refractivity (Wildman–Crippen MR) is 84.0 cm³/mol. The van der Waals surface area contributed by atoms with Gasteiger partial charge in [-0.2, -0.15) is 5.10 Å². The van der Waals surface area contributed by atoms with Crippen LogP contribution in [0.1, 0.15) is 57.6 Å². The number of aromatic nitrogens is 3. The number of ether oxygens (including phenoxy) is 1. The van der Waals surface area contributed by atoms with Crippen LogP contribution in [0.5, 0.6) is 0 Å². The quantitative estimate of drug-likeness (QED) is 0.776. The highest BCUT2D eigenvalue weighted by Crippen LogP contribution is 2.37. The fourth-order valence-corrected chi connectivity index (χ4v) is 2.84. The molecule has 24 heavy (non-hydrogen) atoms. The summed E-state index contributed by atoms with van der Waals surface area (Å²) in [7, 11) is 0. The first-order chi connectivity index (χ1) is 11.2. The van der Waals surface area contributed by atoms with Gasteiger partial charge >= 0.3 is 5.97 Å². The van der Waals surface area contributed by atoms with Crippen molar-refractivity contribution in [2.45, 2.75) is 70.1 Å². The van der Waals surface area contributed by atoms with Crippen molar-refractivity contribution < 1.29 is 19.4 Å². The zero-order valence-corrected chi connectivity index (χ0v) is 14.3. The Hall–Kier alpha value is -1.96. The minimum atomic E-state index is -0.752. The van der Waals surface area contributed by atoms with Gasteiger partial charge in [-0.1, -0.05) is 0 Å². The second-order valence-electron chi connectivity index (χ2n) is 7.58. The van der Waals surface area contributed by atoms with Crippen LogP contribution in [0.25, 0.3) is 0 Å². The Kier molecular flexibility index (Phi) is 4.33. The number of aliphatic hydroxyl groups excluding tert-OH is 1. The van der Waals surface area contributed by atoms with Gasteiger partial charge in [0.15, 0.2) is 5.82 Å². The van der Waals surface area contributed by atoms with E-state index in [9.17, 15) is 14.7 Å². The summed E-state index contributed by atoms with van der Waals surface area (Å²) < 4.78 is 5.36. The van der Waals surface area contributed by atoms with Gasteiger partial charge in [-0.3, -0.25) is 9.89 Å². The lowest BCUT2D eigenvalue weighted by Crippen LogP contribution is -2.44. The van der Waals surface area contributed by atoms with Gasteiger partial charge in [0.25, 0.3) is 0 Å². The van der Waals surface area contributed by atoms with E-state index < -0.39 is 23.7 Å². The highest BCUT2D eigenvalue weighted by molar-refractivity contribution is 5.86. The molecule has 2 atom stereocenters. The number of hydrogen-bond donors (Lipinski definition) is 2. The molecule has 1 aliphatic carbocycles. The lowest BCUT2D eigenvalue weighted by atomic mass is 10.1. The van der Waals surface area contributed by atoms with E-state index in [0.29, 0.717) is 11.7 Å². The number of rotatable bonds is 4. The number of amides is 1. The number of H-pyrrole nitrogens is 1. The van der Waals surface area contributed by atoms with Gasteiger partial charge in [0.05, 0.1) is 12.5 Å². The van der Waals surface area contributed by atoms with Crippen LogP contribution < -0.4 is 0 Å². The third-order valence-electron chi connectivity index (χ3n) is 4.09. The number of hydrogen-bond acceptors (Lipinski definition) is 6. The molecule has 2 N–H and O–H groups in total. The molecule has 1 aliphatic heterocycles. The summed E-state index contributed by atoms with van der Waals surface area (Å²) in [6.45, 7) is 5.45. The Labute approximate surface area is 140 Å². The molecule has 2 fully saturated rings. The number of carbonyl (C=O) groups is 2. The van der Waals surface area contributed by atoms with Crippen molar-refractivity contribution in [1.82, 2.24) is 20.1 Å². The third-order valence-corrected chi connectivity index (χ3v) is 4.09. The molecule has 0 unspecified atom stereocenters. The van der Waals surface area contributed by atoms with Crippen LogP contribution >= 0.6 is 0 Å². The molecule has 2 heterocycles. The van der Waals surface area contributed by atoms with E-state index in [1.165, 1.54) is 4.90 Å². The van der Waals surface area contributed by atoms with E-state index in [-0.39, 0.29) is 25.3 Å². The van der Waals surface area contributed by atoms with Crippen molar-refractivity contribution in [1.29, 1.82) is 0 Å². The minimum absolute atomic E-state index is 0.0335. The third kappa shape index (κ3) is 3.92. The van der Waals surface area contributed by atoms with Crippen LogP contribution in [0.4, 0.5) is 0 Å². The summed E-state index contributed by atoms with van der Waals surface area (Å²) in [6.07, 6.45) is 1.69. The molecule has 0 bridgehead atoms. The summed E-state index contributed by atoms with van der Waals surface area (Å²) in [5.74, 6) is 0.909. The van der Waals surface area contributed by atoms with E-state index in [4.69, 9.17) is 4.74 Å². The second kappa shape index (κ2) is 6.16. The van der Waals surface area contributed by atoms with Crippen LogP contribution in [-0.2, 0) is 20.7 Å². The summed E-state index contributed by atoms with van der Waals surface area (Å²) in [5.41, 5.74) is -0.635. The van der Waals surface area contributed by atoms with E-state index in [2.05, 4.69) is 15.2 Å². The summed E-state index contributed by atoms with van der Waals surface area (Å²) in [6, 6.07) is -0.752. The number of esters is 1. The summed E-state index contributed by atoms with van der Waals surface area (Å²) in [5, 5.41) is 16.8. The topological polar surface area (TPSA) is 108 Å². The monoisotopic (exact) mass is 336 g/mol. The SMILES string of the molecule is CC(C)(C)OC(=O)[C@@H]1C[C@H](O)CN1C(=O)Cc1nc(C2CC2)n[nH]1. The van der Waals surface area contributed by atoms with Gasteiger partial charge in [0, 0.05) is 18.9 Å². The molecule has 0 aromatic carbocycles. The first kappa shape index (κ1) is 16.9. The second-order valence-corrected chi connectivity index (χ2v) is 7.58. The average Bonchev–Trinajstić information content (AvgIpc) is 3.08. The number of nitrogens with one attached hydrogen (secondary N) is 1. The van der Waals surface area contributed by atoms with Gasteiger partial charge in [0.1, 0.15) is 17.5 Å². The Balaban J connectivity index is 1.65. The van der Waals surface area contributed by atoms with Crippen molar-refractivity contribution in [3.63, 3.8) is 0 Å². The molecule has 8 nitrogen and oxygen atoms in total. The molecular formula is C16H24N4O4. The maximum Gasteiger partial charge on any atom is 0.329 e. The highest BCUT2D eigenvalue weighted by atomic mass is 16.6. The molecule has 1 amide bonds. The molecule has 132 valence electrons. The van der Waals surface area contributed by atoms with Crippen molar-refractivity contribution in [2.75, 3.05) is 6.54 Å². The number of β-amino-alcohol motifs (C(OH)–C–C–N with tert-alkyl or cyclic N) is 1. The first-order valence-electron chi connectivity index (χ1n) is 8.34. The summed E-state index contributed by atoms with van der Waals surface area (Å²) in [4.78, 5) is 30.6. The van der Waals surface area contributed by atoms with E-state index >= 15 is 0 Å². The van der Waals surface area contributed by atoms with Gasteiger partial charge in [-0.15, -0.1) is 0 Å². The fourth-order valence-electron chi connectivity index (χ4n) is 2.84. The zero-order chi connectivity index (χ0) is 17.5. The van der Waals surface area contributed by atoms with E-state index in [1.807, 2.05) is 0 Å². The molecule has 0 radical (unpaired) electrons. The van der Waals surface area contributed by atoms with E-state index in [0.717, 1.165) is 18.7 Å².